The molecular formula is C30H44N10O10S2+2. The highest BCUT2D eigenvalue weighted by Gasteiger charge is 2.50. The minimum Gasteiger partial charge on any atom is -0.548 e. The maximum absolute atomic E-state index is 10.7. The molecule has 22 heteroatoms. The Labute approximate surface area is 302 Å². The molecule has 20 nitrogen and oxygen atoms in total. The van der Waals surface area contributed by atoms with Gasteiger partial charge in [-0.2, -0.15) is 19.1 Å². The summed E-state index contributed by atoms with van der Waals surface area (Å²) in [5.74, 6) is -0.394. The van der Waals surface area contributed by atoms with Gasteiger partial charge in [0, 0.05) is 24.9 Å². The molecule has 0 amide bonds. The van der Waals surface area contributed by atoms with Gasteiger partial charge in [0.05, 0.1) is 36.8 Å². The number of carbonyl (C=O) groups excluding carboxylic acids is 2. The minimum absolute atomic E-state index is 0.230. The average molecular weight is 769 g/mol. The van der Waals surface area contributed by atoms with Gasteiger partial charge in [-0.05, 0) is 21.8 Å². The number of carboxylic acid groups (broad SMARTS) is 2. The van der Waals surface area contributed by atoms with Crippen molar-refractivity contribution in [3.63, 3.8) is 0 Å². The Balaban J connectivity index is 0.000000201. The van der Waals surface area contributed by atoms with Gasteiger partial charge in [0.15, 0.2) is 0 Å². The standard InChI is InChI=1S/2C15H21N5O5S/c2*1-26(3-2-8(16)15(23)24)5-10-11(21)12(22)14(25-10)20-7-19-13-9(20)4-17-6-18-13/h2*4,6-8,10-12,14,21-22H,2-3,5,16H2,1H3/p+2/t2*8-,10+,11-,12?,14+,26?/m00/s1. The fraction of sp³-hybridized carbons (Fsp3) is 0.600. The molecule has 12 atom stereocenters. The van der Waals surface area contributed by atoms with Gasteiger partial charge in [-0.3, -0.25) is 0 Å². The van der Waals surface area contributed by atoms with Crippen LogP contribution in [0.15, 0.2) is 37.7 Å². The molecule has 6 rings (SSSR count). The van der Waals surface area contributed by atoms with Crippen LogP contribution in [0.4, 0.5) is 0 Å². The van der Waals surface area contributed by atoms with Crippen LogP contribution in [0, 0.1) is 0 Å². The molecule has 0 aromatic carbocycles. The number of carbonyl (C=O) groups is 2. The summed E-state index contributed by atoms with van der Waals surface area (Å²) in [6.07, 6.45) is 6.77. The predicted molar refractivity (Wildman–Crippen MR) is 181 cm³/mol. The first kappa shape index (κ1) is 39.6. The third-order valence-electron chi connectivity index (χ3n) is 8.90. The third-order valence-corrected chi connectivity index (χ3v) is 12.6. The smallest absolute Gasteiger partial charge is 0.269 e. The number of hydrogen-bond donors (Lipinski definition) is 8. The van der Waals surface area contributed by atoms with Gasteiger partial charge in [0.1, 0.15) is 72.3 Å². The minimum atomic E-state index is -1.27. The average Bonchev–Trinajstić information content (AvgIpc) is 3.88. The topological polar surface area (TPSA) is 323 Å². The lowest BCUT2D eigenvalue weighted by Gasteiger charge is -2.15. The number of fused-ring (bicyclic) bond motifs is 2. The van der Waals surface area contributed by atoms with Crippen molar-refractivity contribution < 1.29 is 58.8 Å². The number of nitrogens with two attached hydrogens (primary N) is 2. The summed E-state index contributed by atoms with van der Waals surface area (Å²) < 4.78 is 15.1. The van der Waals surface area contributed by atoms with E-state index in [2.05, 4.69) is 29.9 Å². The summed E-state index contributed by atoms with van der Waals surface area (Å²) in [6.45, 7) is 0. The molecule has 0 aliphatic carbocycles. The normalized spacial score (nSPS) is 28.3. The Kier molecular flexibility index (Phi) is 13.3. The lowest BCUT2D eigenvalue weighted by Crippen LogP contribution is -2.45. The second-order valence-corrected chi connectivity index (χ2v) is 17.3. The molecule has 52 heavy (non-hydrogen) atoms. The molecule has 2 aliphatic heterocycles. The third kappa shape index (κ3) is 9.13. The molecule has 0 spiro atoms. The summed E-state index contributed by atoms with van der Waals surface area (Å²) in [7, 11) is -0.461. The first-order chi connectivity index (χ1) is 24.8. The number of carboxylic acids is 2. The van der Waals surface area contributed by atoms with Crippen LogP contribution in [0.25, 0.3) is 22.3 Å². The number of nitrogens with zero attached hydrogens (tertiary/aromatic N) is 6. The van der Waals surface area contributed by atoms with E-state index in [1.807, 2.05) is 12.5 Å². The molecular weight excluding hydrogens is 725 g/mol. The lowest BCUT2D eigenvalue weighted by molar-refractivity contribution is -0.743. The molecule has 4 aromatic rings. The molecule has 0 radical (unpaired) electrons. The van der Waals surface area contributed by atoms with Crippen molar-refractivity contribution >= 4 is 56.1 Å². The van der Waals surface area contributed by atoms with Crippen molar-refractivity contribution in [3.8, 4) is 0 Å². The van der Waals surface area contributed by atoms with Crippen LogP contribution in [-0.4, -0.2) is 146 Å². The fourth-order valence-electron chi connectivity index (χ4n) is 5.88. The molecule has 4 unspecified atom stereocenters. The second kappa shape index (κ2) is 17.5. The van der Waals surface area contributed by atoms with Gasteiger partial charge in [-0.1, -0.05) is 0 Å². The van der Waals surface area contributed by atoms with Crippen LogP contribution in [0.1, 0.15) is 25.3 Å². The maximum atomic E-state index is 10.7. The predicted octanol–water partition coefficient (Wildman–Crippen LogP) is -6.84. The number of hydrogen-bond acceptors (Lipinski definition) is 16. The molecule has 4 aromatic heterocycles. The monoisotopic (exact) mass is 768 g/mol. The highest BCUT2D eigenvalue weighted by Crippen LogP contribution is 2.29. The first-order valence-corrected chi connectivity index (χ1v) is 20.2. The zero-order valence-electron chi connectivity index (χ0n) is 28.4. The van der Waals surface area contributed by atoms with Gasteiger partial charge < -0.3 is 61.2 Å². The number of H-pyrrole nitrogens is 2. The number of aromatic nitrogens is 8. The molecule has 2 fully saturated rings. The van der Waals surface area contributed by atoms with Gasteiger partial charge >= 0.3 is 0 Å². The Hall–Kier alpha value is -3.58. The van der Waals surface area contributed by atoms with Gasteiger partial charge in [-0.25, -0.2) is 19.9 Å². The number of aliphatic hydroxyl groups is 4. The van der Waals surface area contributed by atoms with Crippen molar-refractivity contribution in [1.29, 1.82) is 0 Å². The van der Waals surface area contributed by atoms with E-state index in [1.54, 1.807) is 34.2 Å². The van der Waals surface area contributed by atoms with Crippen molar-refractivity contribution in [2.75, 3.05) is 35.5 Å². The Morgan fingerprint density at radius 2 is 1.15 bits per heavy atom. The van der Waals surface area contributed by atoms with E-state index in [0.29, 0.717) is 58.2 Å². The quantitative estimate of drug-likeness (QED) is 0.0437. The number of aromatic amines is 2. The zero-order chi connectivity index (χ0) is 37.7. The molecule has 2 saturated heterocycles. The van der Waals surface area contributed by atoms with Crippen LogP contribution < -0.4 is 30.8 Å². The number of nitrogens with one attached hydrogen (secondary N) is 2. The largest absolute Gasteiger partial charge is 0.548 e. The first-order valence-electron chi connectivity index (χ1n) is 16.3. The number of ether oxygens (including phenoxy) is 2. The zero-order valence-corrected chi connectivity index (χ0v) is 30.0. The molecule has 0 saturated carbocycles. The summed E-state index contributed by atoms with van der Waals surface area (Å²) in [4.78, 5) is 43.4. The van der Waals surface area contributed by atoms with Crippen LogP contribution in [-0.2, 0) is 40.9 Å². The van der Waals surface area contributed by atoms with E-state index in [1.165, 1.54) is 12.7 Å². The van der Waals surface area contributed by atoms with E-state index >= 15 is 0 Å². The van der Waals surface area contributed by atoms with Crippen molar-refractivity contribution in [1.82, 2.24) is 29.9 Å². The summed E-state index contributed by atoms with van der Waals surface area (Å²) in [6, 6.07) is -2.00. The Morgan fingerprint density at radius 3 is 1.52 bits per heavy atom. The summed E-state index contributed by atoms with van der Waals surface area (Å²) >= 11 is 0. The van der Waals surface area contributed by atoms with Crippen LogP contribution in [0.5, 0.6) is 0 Å². The lowest BCUT2D eigenvalue weighted by atomic mass is 10.1. The van der Waals surface area contributed by atoms with Gasteiger partial charge in [0.25, 0.3) is 11.3 Å². The molecule has 2 aliphatic rings. The number of aliphatic hydroxyl groups excluding tert-OH is 4. The SMILES string of the molecule is C[S+](CC[C@H](N)C(=O)[O-])C[C@H]1O[C@@H]([n+]2c[nH]c3ncncc32)C(O)[C@H]1O.C[S+](CC[C@H](N)C(=O)[O-])C[C@H]1O[C@@H]([n+]2c[nH]c3ncncc32)C(O)[C@H]1O. The van der Waals surface area contributed by atoms with Crippen LogP contribution in [0.2, 0.25) is 0 Å². The number of aliphatic carboxylic acids is 2. The van der Waals surface area contributed by atoms with E-state index in [4.69, 9.17) is 20.9 Å². The van der Waals surface area contributed by atoms with Crippen LogP contribution >= 0.6 is 0 Å². The highest BCUT2D eigenvalue weighted by atomic mass is 32.2. The molecule has 6 heterocycles. The van der Waals surface area contributed by atoms with Crippen LogP contribution in [0.3, 0.4) is 0 Å². The second-order valence-electron chi connectivity index (χ2n) is 12.7. The van der Waals surface area contributed by atoms with Gasteiger partial charge in [0.2, 0.25) is 36.1 Å². The Bertz CT molecular complexity index is 1680. The molecule has 0 bridgehead atoms. The molecule has 10 N–H and O–H groups in total. The van der Waals surface area contributed by atoms with E-state index in [-0.39, 0.29) is 21.8 Å². The fourth-order valence-corrected chi connectivity index (χ4v) is 9.20. The highest BCUT2D eigenvalue weighted by molar-refractivity contribution is 7.96. The maximum Gasteiger partial charge on any atom is 0.269 e. The summed E-state index contributed by atoms with van der Waals surface area (Å²) in [5, 5.41) is 62.9. The van der Waals surface area contributed by atoms with Crippen molar-refractivity contribution in [2.45, 2.75) is 74.0 Å². The summed E-state index contributed by atoms with van der Waals surface area (Å²) in [5.41, 5.74) is 13.4. The van der Waals surface area contributed by atoms with Crippen molar-refractivity contribution in [3.05, 3.63) is 37.7 Å². The van der Waals surface area contributed by atoms with E-state index in [0.717, 1.165) is 0 Å². The van der Waals surface area contributed by atoms with Gasteiger partial charge in [-0.15, -0.1) is 0 Å². The Morgan fingerprint density at radius 1 is 0.769 bits per heavy atom. The number of imidazole rings is 2. The van der Waals surface area contributed by atoms with E-state index in [9.17, 15) is 40.2 Å². The number of rotatable bonds is 14. The van der Waals surface area contributed by atoms with E-state index < -0.39 is 73.1 Å². The van der Waals surface area contributed by atoms with Crippen molar-refractivity contribution in [2.24, 2.45) is 11.5 Å². The molecule has 284 valence electrons.